The van der Waals surface area contributed by atoms with Crippen molar-refractivity contribution in [3.05, 3.63) is 23.4 Å². The van der Waals surface area contributed by atoms with Crippen molar-refractivity contribution >= 4 is 21.6 Å². The Morgan fingerprint density at radius 3 is 2.53 bits per heavy atom. The van der Waals surface area contributed by atoms with Gasteiger partial charge in [-0.3, -0.25) is 4.79 Å². The largest absolute Gasteiger partial charge is 0.373 e. The van der Waals surface area contributed by atoms with Gasteiger partial charge in [-0.25, -0.2) is 13.4 Å². The maximum Gasteiger partial charge on any atom is 0.254 e. The molecule has 0 radical (unpaired) electrons. The molecular formula is C12H17N3O3S. The van der Waals surface area contributed by atoms with Crippen LogP contribution >= 0.6 is 0 Å². The predicted molar refractivity (Wildman–Crippen MR) is 73.1 cm³/mol. The molecule has 1 aromatic rings. The van der Waals surface area contributed by atoms with E-state index >= 15 is 0 Å². The fourth-order valence-electron chi connectivity index (χ4n) is 2.02. The smallest absolute Gasteiger partial charge is 0.254 e. The summed E-state index contributed by atoms with van der Waals surface area (Å²) in [7, 11) is -1.23. The van der Waals surface area contributed by atoms with E-state index in [1.54, 1.807) is 24.1 Å². The van der Waals surface area contributed by atoms with Crippen LogP contribution in [0.5, 0.6) is 0 Å². The molecule has 1 aliphatic rings. The Morgan fingerprint density at radius 1 is 1.32 bits per heavy atom. The first-order valence-corrected chi connectivity index (χ1v) is 7.89. The standard InChI is InChI=1S/C12H17N3O3S/c1-9-7-10(8-11(13-2)14-9)12(16)15-3-5-19(17,18)6-4-15/h7-8H,3-6H2,1-2H3,(H,13,14). The molecule has 1 aliphatic heterocycles. The Hall–Kier alpha value is -1.63. The summed E-state index contributed by atoms with van der Waals surface area (Å²) in [6, 6.07) is 3.39. The zero-order chi connectivity index (χ0) is 14.0. The van der Waals surface area contributed by atoms with E-state index in [9.17, 15) is 13.2 Å². The van der Waals surface area contributed by atoms with Gasteiger partial charge in [0.05, 0.1) is 11.5 Å². The number of hydrogen-bond donors (Lipinski definition) is 1. The number of hydrogen-bond acceptors (Lipinski definition) is 5. The minimum absolute atomic E-state index is 0.0433. The van der Waals surface area contributed by atoms with E-state index in [2.05, 4.69) is 10.3 Å². The zero-order valence-corrected chi connectivity index (χ0v) is 11.8. The summed E-state index contributed by atoms with van der Waals surface area (Å²) >= 11 is 0. The lowest BCUT2D eigenvalue weighted by Crippen LogP contribution is -2.43. The van der Waals surface area contributed by atoms with Crippen LogP contribution in [0.4, 0.5) is 5.82 Å². The Balaban J connectivity index is 2.18. The van der Waals surface area contributed by atoms with Gasteiger partial charge in [0.25, 0.3) is 5.91 Å². The SMILES string of the molecule is CNc1cc(C(=O)N2CCS(=O)(=O)CC2)cc(C)n1. The number of carbonyl (C=O) groups is 1. The van der Waals surface area contributed by atoms with Crippen molar-refractivity contribution < 1.29 is 13.2 Å². The minimum atomic E-state index is -2.97. The van der Waals surface area contributed by atoms with Crippen molar-refractivity contribution in [3.8, 4) is 0 Å². The zero-order valence-electron chi connectivity index (χ0n) is 11.0. The van der Waals surface area contributed by atoms with Crippen LogP contribution in [-0.4, -0.2) is 55.9 Å². The number of aromatic nitrogens is 1. The number of nitrogens with one attached hydrogen (secondary N) is 1. The summed E-state index contributed by atoms with van der Waals surface area (Å²) in [6.07, 6.45) is 0. The summed E-state index contributed by atoms with van der Waals surface area (Å²) in [5.41, 5.74) is 1.29. The maximum atomic E-state index is 12.3. The molecule has 19 heavy (non-hydrogen) atoms. The van der Waals surface area contributed by atoms with E-state index < -0.39 is 9.84 Å². The van der Waals surface area contributed by atoms with E-state index in [1.165, 1.54) is 0 Å². The molecule has 1 saturated heterocycles. The van der Waals surface area contributed by atoms with Gasteiger partial charge < -0.3 is 10.2 Å². The van der Waals surface area contributed by atoms with Crippen LogP contribution < -0.4 is 5.32 Å². The van der Waals surface area contributed by atoms with E-state index in [4.69, 9.17) is 0 Å². The van der Waals surface area contributed by atoms with Crippen LogP contribution in [0.1, 0.15) is 16.1 Å². The van der Waals surface area contributed by atoms with Gasteiger partial charge in [0.1, 0.15) is 5.82 Å². The molecule has 0 aromatic carbocycles. The molecule has 0 bridgehead atoms. The molecular weight excluding hydrogens is 266 g/mol. The number of sulfone groups is 1. The molecule has 0 unspecified atom stereocenters. The second-order valence-corrected chi connectivity index (χ2v) is 6.88. The molecule has 1 amide bonds. The fraction of sp³-hybridized carbons (Fsp3) is 0.500. The van der Waals surface area contributed by atoms with Gasteiger partial charge in [-0.1, -0.05) is 0 Å². The number of carbonyl (C=O) groups excluding carboxylic acids is 1. The molecule has 1 N–H and O–H groups in total. The molecule has 2 rings (SSSR count). The second kappa shape index (κ2) is 5.16. The fourth-order valence-corrected chi connectivity index (χ4v) is 3.22. The van der Waals surface area contributed by atoms with Crippen LogP contribution in [0.15, 0.2) is 12.1 Å². The minimum Gasteiger partial charge on any atom is -0.373 e. The van der Waals surface area contributed by atoms with Crippen molar-refractivity contribution in [3.63, 3.8) is 0 Å². The van der Waals surface area contributed by atoms with E-state index in [-0.39, 0.29) is 30.5 Å². The van der Waals surface area contributed by atoms with Crippen molar-refractivity contribution in [2.45, 2.75) is 6.92 Å². The topological polar surface area (TPSA) is 79.4 Å². The number of aryl methyl sites for hydroxylation is 1. The number of anilines is 1. The molecule has 104 valence electrons. The highest BCUT2D eigenvalue weighted by Gasteiger charge is 2.26. The summed E-state index contributed by atoms with van der Waals surface area (Å²) in [5.74, 6) is 0.577. The third-order valence-corrected chi connectivity index (χ3v) is 4.70. The number of amides is 1. The third-order valence-electron chi connectivity index (χ3n) is 3.09. The van der Waals surface area contributed by atoms with Crippen molar-refractivity contribution in [2.24, 2.45) is 0 Å². The van der Waals surface area contributed by atoms with Crippen molar-refractivity contribution in [1.82, 2.24) is 9.88 Å². The summed E-state index contributed by atoms with van der Waals surface area (Å²) in [4.78, 5) is 18.1. The first-order valence-electron chi connectivity index (χ1n) is 6.07. The maximum absolute atomic E-state index is 12.3. The lowest BCUT2D eigenvalue weighted by molar-refractivity contribution is 0.0770. The molecule has 0 saturated carbocycles. The normalized spacial score (nSPS) is 18.1. The van der Waals surface area contributed by atoms with Gasteiger partial charge in [0, 0.05) is 31.4 Å². The van der Waals surface area contributed by atoms with Crippen LogP contribution in [-0.2, 0) is 9.84 Å². The van der Waals surface area contributed by atoms with Gasteiger partial charge in [-0.15, -0.1) is 0 Å². The predicted octanol–water partition coefficient (Wildman–Crippen LogP) is 0.302. The summed E-state index contributed by atoms with van der Waals surface area (Å²) in [6.45, 7) is 2.34. The monoisotopic (exact) mass is 283 g/mol. The van der Waals surface area contributed by atoms with Gasteiger partial charge >= 0.3 is 0 Å². The lowest BCUT2D eigenvalue weighted by Gasteiger charge is -2.27. The van der Waals surface area contributed by atoms with E-state index in [0.29, 0.717) is 11.4 Å². The highest BCUT2D eigenvalue weighted by Crippen LogP contribution is 2.14. The van der Waals surface area contributed by atoms with Crippen LogP contribution in [0, 0.1) is 6.92 Å². The van der Waals surface area contributed by atoms with Gasteiger partial charge in [-0.05, 0) is 19.1 Å². The molecule has 7 heteroatoms. The van der Waals surface area contributed by atoms with Gasteiger partial charge in [0.2, 0.25) is 0 Å². The molecule has 1 aromatic heterocycles. The second-order valence-electron chi connectivity index (χ2n) is 4.58. The Bertz CT molecular complexity index is 584. The lowest BCUT2D eigenvalue weighted by atomic mass is 10.2. The molecule has 6 nitrogen and oxygen atoms in total. The van der Waals surface area contributed by atoms with Crippen LogP contribution in [0.3, 0.4) is 0 Å². The Kier molecular flexibility index (Phi) is 3.75. The average molecular weight is 283 g/mol. The molecule has 0 aliphatic carbocycles. The molecule has 2 heterocycles. The average Bonchev–Trinajstić information content (AvgIpc) is 2.37. The molecule has 0 atom stereocenters. The number of nitrogens with zero attached hydrogens (tertiary/aromatic N) is 2. The summed E-state index contributed by atoms with van der Waals surface area (Å²) < 4.78 is 22.7. The third kappa shape index (κ3) is 3.23. The Morgan fingerprint density at radius 2 is 1.95 bits per heavy atom. The number of rotatable bonds is 2. The molecule has 1 fully saturated rings. The Labute approximate surface area is 112 Å². The highest BCUT2D eigenvalue weighted by molar-refractivity contribution is 7.91. The number of pyridine rings is 1. The summed E-state index contributed by atoms with van der Waals surface area (Å²) in [5, 5.41) is 2.90. The van der Waals surface area contributed by atoms with E-state index in [0.717, 1.165) is 5.69 Å². The van der Waals surface area contributed by atoms with Crippen molar-refractivity contribution in [2.75, 3.05) is 37.0 Å². The van der Waals surface area contributed by atoms with E-state index in [1.807, 2.05) is 6.92 Å². The quantitative estimate of drug-likeness (QED) is 0.844. The van der Waals surface area contributed by atoms with Gasteiger partial charge in [0.15, 0.2) is 9.84 Å². The molecule has 0 spiro atoms. The first-order chi connectivity index (χ1) is 8.91. The van der Waals surface area contributed by atoms with Gasteiger partial charge in [-0.2, -0.15) is 0 Å². The first kappa shape index (κ1) is 13.8. The van der Waals surface area contributed by atoms with Crippen LogP contribution in [0.2, 0.25) is 0 Å². The van der Waals surface area contributed by atoms with Crippen molar-refractivity contribution in [1.29, 1.82) is 0 Å². The highest BCUT2D eigenvalue weighted by atomic mass is 32.2. The van der Waals surface area contributed by atoms with Crippen LogP contribution in [0.25, 0.3) is 0 Å².